The second-order valence-electron chi connectivity index (χ2n) is 6.22. The number of benzene rings is 2. The lowest BCUT2D eigenvalue weighted by molar-refractivity contribution is -0.131. The molecule has 0 saturated heterocycles. The molecule has 5 nitrogen and oxygen atoms in total. The third-order valence-corrected chi connectivity index (χ3v) is 4.41. The van der Waals surface area contributed by atoms with Gasteiger partial charge in [0.15, 0.2) is 0 Å². The van der Waals surface area contributed by atoms with Crippen molar-refractivity contribution in [1.82, 2.24) is 9.91 Å². The first-order valence-electron chi connectivity index (χ1n) is 8.62. The van der Waals surface area contributed by atoms with Crippen LogP contribution in [0.5, 0.6) is 5.75 Å². The van der Waals surface area contributed by atoms with E-state index < -0.39 is 0 Å². The van der Waals surface area contributed by atoms with Crippen LogP contribution >= 0.6 is 11.6 Å². The molecule has 1 aliphatic heterocycles. The average molecular weight is 372 g/mol. The second kappa shape index (κ2) is 8.83. The molecule has 0 N–H and O–H groups in total. The topological polar surface area (TPSA) is 45.1 Å². The fourth-order valence-corrected chi connectivity index (χ4v) is 2.84. The highest BCUT2D eigenvalue weighted by Gasteiger charge is 2.22. The van der Waals surface area contributed by atoms with Gasteiger partial charge in [-0.2, -0.15) is 5.10 Å². The summed E-state index contributed by atoms with van der Waals surface area (Å²) in [6, 6.07) is 17.2. The molecule has 0 spiro atoms. The predicted molar refractivity (Wildman–Crippen MR) is 104 cm³/mol. The minimum Gasteiger partial charge on any atom is -0.492 e. The van der Waals surface area contributed by atoms with Crippen LogP contribution in [-0.2, 0) is 4.79 Å². The van der Waals surface area contributed by atoms with Crippen LogP contribution in [0.15, 0.2) is 59.7 Å². The number of carbonyl (C=O) groups is 1. The smallest absolute Gasteiger partial charge is 0.256 e. The Morgan fingerprint density at radius 1 is 1.19 bits per heavy atom. The standard InChI is InChI=1S/C20H22ClN3O2/c1-23(13-14-26-18-9-7-17(21)8-10-18)15-20(25)24-12-11-19(22-24)16-5-3-2-4-6-16/h2-10H,11-15H2,1H3. The SMILES string of the molecule is CN(CCOc1ccc(Cl)cc1)CC(=O)N1CCC(c2ccccc2)=N1. The van der Waals surface area contributed by atoms with Gasteiger partial charge < -0.3 is 4.74 Å². The molecule has 1 heterocycles. The fraction of sp³-hybridized carbons (Fsp3) is 0.300. The number of nitrogens with zero attached hydrogens (tertiary/aromatic N) is 3. The van der Waals surface area contributed by atoms with Crippen molar-refractivity contribution in [2.75, 3.05) is 33.3 Å². The van der Waals surface area contributed by atoms with Gasteiger partial charge >= 0.3 is 0 Å². The van der Waals surface area contributed by atoms with E-state index in [1.54, 1.807) is 17.1 Å². The summed E-state index contributed by atoms with van der Waals surface area (Å²) in [6.07, 6.45) is 0.791. The summed E-state index contributed by atoms with van der Waals surface area (Å²) >= 11 is 5.85. The Labute approximate surface area is 158 Å². The van der Waals surface area contributed by atoms with Gasteiger partial charge in [0.25, 0.3) is 5.91 Å². The second-order valence-corrected chi connectivity index (χ2v) is 6.66. The first-order chi connectivity index (χ1) is 12.6. The van der Waals surface area contributed by atoms with E-state index in [4.69, 9.17) is 16.3 Å². The summed E-state index contributed by atoms with van der Waals surface area (Å²) in [7, 11) is 1.90. The molecular weight excluding hydrogens is 350 g/mol. The molecule has 0 saturated carbocycles. The van der Waals surface area contributed by atoms with Crippen LogP contribution in [0.25, 0.3) is 0 Å². The van der Waals surface area contributed by atoms with E-state index >= 15 is 0 Å². The highest BCUT2D eigenvalue weighted by atomic mass is 35.5. The van der Waals surface area contributed by atoms with Crippen molar-refractivity contribution in [3.8, 4) is 5.75 Å². The molecule has 3 rings (SSSR count). The summed E-state index contributed by atoms with van der Waals surface area (Å²) in [5.41, 5.74) is 2.04. The van der Waals surface area contributed by atoms with Crippen LogP contribution in [0.4, 0.5) is 0 Å². The molecule has 136 valence electrons. The largest absolute Gasteiger partial charge is 0.492 e. The van der Waals surface area contributed by atoms with Gasteiger partial charge in [0, 0.05) is 18.0 Å². The van der Waals surface area contributed by atoms with Crippen LogP contribution in [0.3, 0.4) is 0 Å². The van der Waals surface area contributed by atoms with Crippen molar-refractivity contribution in [2.45, 2.75) is 6.42 Å². The van der Waals surface area contributed by atoms with Gasteiger partial charge in [-0.15, -0.1) is 0 Å². The van der Waals surface area contributed by atoms with Gasteiger partial charge in [0.2, 0.25) is 0 Å². The van der Waals surface area contributed by atoms with Gasteiger partial charge in [0.05, 0.1) is 18.8 Å². The van der Waals surface area contributed by atoms with E-state index in [0.29, 0.717) is 31.3 Å². The van der Waals surface area contributed by atoms with Gasteiger partial charge in [0.1, 0.15) is 12.4 Å². The maximum absolute atomic E-state index is 12.4. The fourth-order valence-electron chi connectivity index (χ4n) is 2.71. The highest BCUT2D eigenvalue weighted by Crippen LogP contribution is 2.16. The minimum absolute atomic E-state index is 0.00456. The zero-order chi connectivity index (χ0) is 18.4. The van der Waals surface area contributed by atoms with Crippen LogP contribution in [-0.4, -0.2) is 54.8 Å². The Balaban J connectivity index is 1.44. The maximum Gasteiger partial charge on any atom is 0.256 e. The minimum atomic E-state index is 0.00456. The summed E-state index contributed by atoms with van der Waals surface area (Å²) in [5, 5.41) is 6.73. The summed E-state index contributed by atoms with van der Waals surface area (Å²) in [4.78, 5) is 14.4. The van der Waals surface area contributed by atoms with Crippen molar-refractivity contribution in [3.63, 3.8) is 0 Å². The third kappa shape index (κ3) is 5.07. The van der Waals surface area contributed by atoms with Gasteiger partial charge in [-0.05, 0) is 36.9 Å². The Bertz CT molecular complexity index is 762. The van der Waals surface area contributed by atoms with Crippen molar-refractivity contribution in [1.29, 1.82) is 0 Å². The Morgan fingerprint density at radius 3 is 2.65 bits per heavy atom. The van der Waals surface area contributed by atoms with E-state index in [1.807, 2.05) is 54.4 Å². The van der Waals surface area contributed by atoms with E-state index in [2.05, 4.69) is 5.10 Å². The van der Waals surface area contributed by atoms with Crippen LogP contribution in [0.2, 0.25) is 5.02 Å². The Kier molecular flexibility index (Phi) is 6.26. The molecule has 0 radical (unpaired) electrons. The van der Waals surface area contributed by atoms with Gasteiger partial charge in [-0.25, -0.2) is 5.01 Å². The van der Waals surface area contributed by atoms with E-state index in [-0.39, 0.29) is 5.91 Å². The van der Waals surface area contributed by atoms with E-state index in [1.165, 1.54) is 0 Å². The molecule has 2 aromatic rings. The summed E-state index contributed by atoms with van der Waals surface area (Å²) in [5.74, 6) is 0.774. The molecule has 0 unspecified atom stereocenters. The number of ether oxygens (including phenoxy) is 1. The van der Waals surface area contributed by atoms with Crippen LogP contribution in [0.1, 0.15) is 12.0 Å². The predicted octanol–water partition coefficient (Wildman–Crippen LogP) is 3.29. The van der Waals surface area contributed by atoms with E-state index in [9.17, 15) is 4.79 Å². The van der Waals surface area contributed by atoms with Crippen molar-refractivity contribution >= 4 is 23.2 Å². The Hall–Kier alpha value is -2.37. The normalized spacial score (nSPS) is 13.8. The number of likely N-dealkylation sites (N-methyl/N-ethyl adjacent to an activating group) is 1. The molecule has 0 aliphatic carbocycles. The monoisotopic (exact) mass is 371 g/mol. The lowest BCUT2D eigenvalue weighted by Crippen LogP contribution is -2.36. The molecule has 0 bridgehead atoms. The lowest BCUT2D eigenvalue weighted by atomic mass is 10.1. The number of carbonyl (C=O) groups excluding carboxylic acids is 1. The summed E-state index contributed by atoms with van der Waals surface area (Å²) < 4.78 is 5.66. The van der Waals surface area contributed by atoms with Crippen LogP contribution < -0.4 is 4.74 Å². The number of hydrazone groups is 1. The molecule has 0 fully saturated rings. The third-order valence-electron chi connectivity index (χ3n) is 4.16. The molecule has 0 aromatic heterocycles. The maximum atomic E-state index is 12.4. The van der Waals surface area contributed by atoms with Crippen molar-refractivity contribution in [3.05, 3.63) is 65.2 Å². The Morgan fingerprint density at radius 2 is 1.92 bits per heavy atom. The molecule has 0 atom stereocenters. The van der Waals surface area contributed by atoms with Crippen LogP contribution in [0, 0.1) is 0 Å². The number of hydrogen-bond acceptors (Lipinski definition) is 4. The molecule has 26 heavy (non-hydrogen) atoms. The lowest BCUT2D eigenvalue weighted by Gasteiger charge is -2.19. The quantitative estimate of drug-likeness (QED) is 0.750. The van der Waals surface area contributed by atoms with Gasteiger partial charge in [-0.3, -0.25) is 9.69 Å². The van der Waals surface area contributed by atoms with Crippen molar-refractivity contribution in [2.24, 2.45) is 5.10 Å². The molecule has 1 aliphatic rings. The first kappa shape index (κ1) is 18.4. The first-order valence-corrected chi connectivity index (χ1v) is 9.00. The number of amides is 1. The molecule has 2 aromatic carbocycles. The molecule has 6 heteroatoms. The number of rotatable bonds is 7. The zero-order valence-corrected chi connectivity index (χ0v) is 15.5. The highest BCUT2D eigenvalue weighted by molar-refractivity contribution is 6.30. The zero-order valence-electron chi connectivity index (χ0n) is 14.8. The number of halogens is 1. The summed E-state index contributed by atoms with van der Waals surface area (Å²) in [6.45, 7) is 2.11. The molecule has 1 amide bonds. The number of hydrogen-bond donors (Lipinski definition) is 0. The van der Waals surface area contributed by atoms with Gasteiger partial charge in [-0.1, -0.05) is 41.9 Å². The molecular formula is C20H22ClN3O2. The van der Waals surface area contributed by atoms with E-state index in [0.717, 1.165) is 23.4 Å². The van der Waals surface area contributed by atoms with Crippen molar-refractivity contribution < 1.29 is 9.53 Å². The average Bonchev–Trinajstić information content (AvgIpc) is 3.14.